The maximum Gasteiger partial charge on any atom is 0.191 e. The lowest BCUT2D eigenvalue weighted by Crippen LogP contribution is -2.38. The number of halogens is 2. The zero-order valence-corrected chi connectivity index (χ0v) is 18.3. The molecule has 1 unspecified atom stereocenters. The van der Waals surface area contributed by atoms with Gasteiger partial charge in [-0.1, -0.05) is 53.1 Å². The fourth-order valence-corrected chi connectivity index (χ4v) is 2.79. The van der Waals surface area contributed by atoms with Crippen molar-refractivity contribution in [2.24, 2.45) is 4.99 Å². The molecule has 2 rings (SSSR count). The first-order valence-electron chi connectivity index (χ1n) is 7.68. The molecule has 132 valence electrons. The number of hydrogen-bond donors (Lipinski definition) is 2. The first-order chi connectivity index (χ1) is 11.0. The van der Waals surface area contributed by atoms with Gasteiger partial charge in [0.05, 0.1) is 18.3 Å². The van der Waals surface area contributed by atoms with Gasteiger partial charge < -0.3 is 15.2 Å². The van der Waals surface area contributed by atoms with E-state index >= 15 is 0 Å². The minimum atomic E-state index is 0. The van der Waals surface area contributed by atoms with E-state index in [1.807, 2.05) is 24.3 Å². The summed E-state index contributed by atoms with van der Waals surface area (Å²) in [5.41, 5.74) is 2.14. The molecule has 2 aromatic rings. The highest BCUT2D eigenvalue weighted by molar-refractivity contribution is 14.0. The smallest absolute Gasteiger partial charge is 0.191 e. The third kappa shape index (κ3) is 5.77. The molecule has 0 fully saturated rings. The molecule has 0 saturated heterocycles. The van der Waals surface area contributed by atoms with E-state index in [-0.39, 0.29) is 30.0 Å². The molecule has 0 aliphatic heterocycles. The zero-order chi connectivity index (χ0) is 16.8. The van der Waals surface area contributed by atoms with Gasteiger partial charge in [0, 0.05) is 17.6 Å². The predicted molar refractivity (Wildman–Crippen MR) is 112 cm³/mol. The highest BCUT2D eigenvalue weighted by atomic mass is 127. The molecule has 7 heteroatoms. The second kappa shape index (κ2) is 10.0. The highest BCUT2D eigenvalue weighted by Gasteiger charge is 2.12. The van der Waals surface area contributed by atoms with E-state index in [1.165, 1.54) is 5.56 Å². The van der Waals surface area contributed by atoms with Crippen molar-refractivity contribution < 1.29 is 4.52 Å². The maximum absolute atomic E-state index is 5.33. The van der Waals surface area contributed by atoms with Crippen LogP contribution in [0.1, 0.15) is 49.7 Å². The van der Waals surface area contributed by atoms with Crippen LogP contribution in [0.2, 0.25) is 0 Å². The Morgan fingerprint density at radius 3 is 2.58 bits per heavy atom. The first-order valence-corrected chi connectivity index (χ1v) is 8.47. The molecular formula is C17H24BrIN4O. The van der Waals surface area contributed by atoms with E-state index in [9.17, 15) is 0 Å². The lowest BCUT2D eigenvalue weighted by atomic mass is 10.1. The molecule has 0 saturated carbocycles. The fourth-order valence-electron chi connectivity index (χ4n) is 2.16. The van der Waals surface area contributed by atoms with Crippen LogP contribution in [0.25, 0.3) is 0 Å². The van der Waals surface area contributed by atoms with Crippen LogP contribution in [-0.4, -0.2) is 18.2 Å². The van der Waals surface area contributed by atoms with E-state index in [4.69, 9.17) is 4.52 Å². The Morgan fingerprint density at radius 1 is 1.29 bits per heavy atom. The number of rotatable bonds is 5. The van der Waals surface area contributed by atoms with Gasteiger partial charge in [0.25, 0.3) is 0 Å². The summed E-state index contributed by atoms with van der Waals surface area (Å²) >= 11 is 3.58. The van der Waals surface area contributed by atoms with Crippen LogP contribution >= 0.6 is 39.9 Å². The third-order valence-electron chi connectivity index (χ3n) is 3.55. The van der Waals surface area contributed by atoms with Crippen LogP contribution in [0.5, 0.6) is 0 Å². The van der Waals surface area contributed by atoms with Gasteiger partial charge in [0.2, 0.25) is 0 Å². The Balaban J connectivity index is 0.00000288. The molecule has 1 atom stereocenters. The van der Waals surface area contributed by atoms with Gasteiger partial charge in [0.15, 0.2) is 11.7 Å². The average molecular weight is 507 g/mol. The van der Waals surface area contributed by atoms with Gasteiger partial charge in [-0.15, -0.1) is 24.0 Å². The number of guanidine groups is 1. The van der Waals surface area contributed by atoms with Crippen LogP contribution in [0.4, 0.5) is 0 Å². The van der Waals surface area contributed by atoms with Crippen molar-refractivity contribution in [2.45, 2.75) is 39.3 Å². The van der Waals surface area contributed by atoms with Crippen LogP contribution in [-0.2, 0) is 6.54 Å². The van der Waals surface area contributed by atoms with Crippen LogP contribution < -0.4 is 10.6 Å². The Morgan fingerprint density at radius 2 is 2.00 bits per heavy atom. The largest absolute Gasteiger partial charge is 0.359 e. The van der Waals surface area contributed by atoms with Crippen molar-refractivity contribution in [3.05, 3.63) is 51.8 Å². The zero-order valence-electron chi connectivity index (χ0n) is 14.3. The van der Waals surface area contributed by atoms with Gasteiger partial charge in [-0.05, 0) is 24.5 Å². The SMILES string of the molecule is CN=C(NCc1cc(C(C)C)no1)NC(C)c1ccccc1Br.I. The van der Waals surface area contributed by atoms with Crippen LogP contribution in [0.3, 0.4) is 0 Å². The van der Waals surface area contributed by atoms with Gasteiger partial charge in [0.1, 0.15) is 0 Å². The van der Waals surface area contributed by atoms with Gasteiger partial charge in [-0.3, -0.25) is 4.99 Å². The maximum atomic E-state index is 5.33. The minimum absolute atomic E-state index is 0. The van der Waals surface area contributed by atoms with Crippen molar-refractivity contribution in [1.82, 2.24) is 15.8 Å². The summed E-state index contributed by atoms with van der Waals surface area (Å²) in [6.45, 7) is 6.82. The van der Waals surface area contributed by atoms with E-state index < -0.39 is 0 Å². The molecule has 1 heterocycles. The summed E-state index contributed by atoms with van der Waals surface area (Å²) in [5.74, 6) is 1.88. The number of aromatic nitrogens is 1. The second-order valence-corrected chi connectivity index (χ2v) is 6.54. The molecule has 1 aromatic heterocycles. The number of nitrogens with zero attached hydrogens (tertiary/aromatic N) is 2. The fraction of sp³-hybridized carbons (Fsp3) is 0.412. The molecule has 0 amide bonds. The second-order valence-electron chi connectivity index (χ2n) is 5.69. The van der Waals surface area contributed by atoms with Crippen molar-refractivity contribution in [3.63, 3.8) is 0 Å². The summed E-state index contributed by atoms with van der Waals surface area (Å²) in [4.78, 5) is 4.26. The summed E-state index contributed by atoms with van der Waals surface area (Å²) in [6.07, 6.45) is 0. The molecule has 0 bridgehead atoms. The standard InChI is InChI=1S/C17H23BrN4O.HI/c1-11(2)16-9-13(23-22-16)10-20-17(19-4)21-12(3)14-7-5-6-8-15(14)18;/h5-9,11-12H,10H2,1-4H3,(H2,19,20,21);1H. The van der Waals surface area contributed by atoms with Crippen molar-refractivity contribution in [2.75, 3.05) is 7.05 Å². The predicted octanol–water partition coefficient (Wildman–Crippen LogP) is 4.60. The minimum Gasteiger partial charge on any atom is -0.359 e. The quantitative estimate of drug-likeness (QED) is 0.353. The Kier molecular flexibility index (Phi) is 8.75. The number of nitrogens with one attached hydrogen (secondary N) is 2. The number of aliphatic imine (C=N–C) groups is 1. The molecule has 5 nitrogen and oxygen atoms in total. The molecule has 1 aromatic carbocycles. The Bertz CT molecular complexity index is 672. The molecule has 0 aliphatic rings. The topological polar surface area (TPSA) is 62.5 Å². The van der Waals surface area contributed by atoms with Crippen molar-refractivity contribution in [1.29, 1.82) is 0 Å². The van der Waals surface area contributed by atoms with Gasteiger partial charge in [-0.2, -0.15) is 0 Å². The first kappa shape index (κ1) is 21.0. The van der Waals surface area contributed by atoms with Crippen molar-refractivity contribution >= 4 is 45.9 Å². The number of hydrogen-bond acceptors (Lipinski definition) is 3. The van der Waals surface area contributed by atoms with Crippen LogP contribution in [0.15, 0.2) is 44.3 Å². The number of benzene rings is 1. The lowest BCUT2D eigenvalue weighted by molar-refractivity contribution is 0.371. The molecule has 0 spiro atoms. The van der Waals surface area contributed by atoms with Gasteiger partial charge in [-0.25, -0.2) is 0 Å². The summed E-state index contributed by atoms with van der Waals surface area (Å²) < 4.78 is 6.40. The molecule has 0 radical (unpaired) electrons. The molecule has 2 N–H and O–H groups in total. The lowest BCUT2D eigenvalue weighted by Gasteiger charge is -2.18. The monoisotopic (exact) mass is 506 g/mol. The molecule has 24 heavy (non-hydrogen) atoms. The normalized spacial score (nSPS) is 12.7. The average Bonchev–Trinajstić information content (AvgIpc) is 3.00. The van der Waals surface area contributed by atoms with Gasteiger partial charge >= 0.3 is 0 Å². The van der Waals surface area contributed by atoms with E-state index in [0.717, 1.165) is 21.9 Å². The van der Waals surface area contributed by atoms with Crippen LogP contribution in [0, 0.1) is 0 Å². The Labute approximate surface area is 168 Å². The highest BCUT2D eigenvalue weighted by Crippen LogP contribution is 2.22. The third-order valence-corrected chi connectivity index (χ3v) is 4.27. The van der Waals surface area contributed by atoms with Crippen molar-refractivity contribution in [3.8, 4) is 0 Å². The molecule has 0 aliphatic carbocycles. The Hall–Kier alpha value is -1.09. The summed E-state index contributed by atoms with van der Waals surface area (Å²) in [6, 6.07) is 10.2. The van der Waals surface area contributed by atoms with E-state index in [2.05, 4.69) is 63.6 Å². The van der Waals surface area contributed by atoms with E-state index in [1.54, 1.807) is 7.05 Å². The van der Waals surface area contributed by atoms with E-state index in [0.29, 0.717) is 12.5 Å². The summed E-state index contributed by atoms with van der Waals surface area (Å²) in [5, 5.41) is 10.7. The summed E-state index contributed by atoms with van der Waals surface area (Å²) in [7, 11) is 1.75. The molecular weight excluding hydrogens is 483 g/mol.